The van der Waals surface area contributed by atoms with Crippen molar-refractivity contribution < 1.29 is 5.11 Å². The Hall–Kier alpha value is -3.61. The van der Waals surface area contributed by atoms with Crippen LogP contribution in [0.15, 0.2) is 69.2 Å². The lowest BCUT2D eigenvalue weighted by molar-refractivity contribution is 0.430. The van der Waals surface area contributed by atoms with Crippen molar-refractivity contribution in [2.45, 2.75) is 0 Å². The predicted molar refractivity (Wildman–Crippen MR) is 102 cm³/mol. The molecule has 2 N–H and O–H groups in total. The van der Waals surface area contributed by atoms with E-state index in [0.717, 1.165) is 10.3 Å². The maximum absolute atomic E-state index is 12.1. The van der Waals surface area contributed by atoms with Gasteiger partial charge in [0.25, 0.3) is 5.56 Å². The Labute approximate surface area is 149 Å². The highest BCUT2D eigenvalue weighted by Gasteiger charge is 2.13. The van der Waals surface area contributed by atoms with Crippen LogP contribution in [0.2, 0.25) is 0 Å². The fraction of sp³-hybridized carbons (Fsp3) is 0.105. The molecule has 1 heterocycles. The fourth-order valence-corrected chi connectivity index (χ4v) is 2.45. The third kappa shape index (κ3) is 3.41. The Kier molecular flexibility index (Phi) is 4.70. The molecule has 0 amide bonds. The van der Waals surface area contributed by atoms with Crippen molar-refractivity contribution >= 4 is 17.6 Å². The van der Waals surface area contributed by atoms with Crippen LogP contribution in [0.4, 0.5) is 11.4 Å². The monoisotopic (exact) mass is 350 g/mol. The van der Waals surface area contributed by atoms with Crippen LogP contribution in [-0.2, 0) is 0 Å². The first kappa shape index (κ1) is 17.2. The lowest BCUT2D eigenvalue weighted by Gasteiger charge is -2.11. The molecule has 0 radical (unpaired) electrons. The second kappa shape index (κ2) is 7.10. The minimum absolute atomic E-state index is 0.0925. The number of aromatic nitrogens is 2. The standard InChI is InChI=1S/C19H18N4O3/c1-22(2)14-10-8-13(9-11-14)20-12-16-17(24)21-19(26)23(18(16)25)15-6-4-3-5-7-15/h3-12,25H,1-2H3,(H,21,24,26). The van der Waals surface area contributed by atoms with E-state index in [1.54, 1.807) is 42.5 Å². The number of aromatic hydroxyl groups is 1. The van der Waals surface area contributed by atoms with E-state index in [0.29, 0.717) is 11.4 Å². The van der Waals surface area contributed by atoms with Gasteiger partial charge in [0.15, 0.2) is 0 Å². The molecule has 0 aliphatic rings. The van der Waals surface area contributed by atoms with Gasteiger partial charge in [-0.05, 0) is 36.4 Å². The van der Waals surface area contributed by atoms with E-state index >= 15 is 0 Å². The average Bonchev–Trinajstić information content (AvgIpc) is 2.62. The van der Waals surface area contributed by atoms with Gasteiger partial charge in [0.05, 0.1) is 11.4 Å². The van der Waals surface area contributed by atoms with Crippen molar-refractivity contribution in [1.29, 1.82) is 0 Å². The van der Waals surface area contributed by atoms with Gasteiger partial charge in [0.1, 0.15) is 5.56 Å². The minimum atomic E-state index is -0.716. The second-order valence-electron chi connectivity index (χ2n) is 5.84. The van der Waals surface area contributed by atoms with Crippen LogP contribution in [0, 0.1) is 0 Å². The van der Waals surface area contributed by atoms with Gasteiger partial charge in [-0.3, -0.25) is 14.8 Å². The highest BCUT2D eigenvalue weighted by atomic mass is 16.3. The van der Waals surface area contributed by atoms with Crippen LogP contribution >= 0.6 is 0 Å². The summed E-state index contributed by atoms with van der Waals surface area (Å²) in [7, 11) is 3.87. The Morgan fingerprint density at radius 2 is 1.69 bits per heavy atom. The predicted octanol–water partition coefficient (Wildman–Crippen LogP) is 2.05. The summed E-state index contributed by atoms with van der Waals surface area (Å²) in [6.07, 6.45) is 1.25. The number of rotatable bonds is 4. The van der Waals surface area contributed by atoms with Crippen molar-refractivity contribution in [2.24, 2.45) is 4.99 Å². The van der Waals surface area contributed by atoms with E-state index in [9.17, 15) is 14.7 Å². The molecular formula is C19H18N4O3. The molecule has 0 atom stereocenters. The van der Waals surface area contributed by atoms with Crippen LogP contribution in [-0.4, -0.2) is 35.0 Å². The largest absolute Gasteiger partial charge is 0.493 e. The molecule has 0 fully saturated rings. The molecule has 3 aromatic rings. The summed E-state index contributed by atoms with van der Waals surface area (Å²) < 4.78 is 1.03. The maximum Gasteiger partial charge on any atom is 0.335 e. The summed E-state index contributed by atoms with van der Waals surface area (Å²) in [5, 5.41) is 10.4. The molecular weight excluding hydrogens is 332 g/mol. The number of H-pyrrole nitrogens is 1. The number of para-hydroxylation sites is 1. The zero-order chi connectivity index (χ0) is 18.7. The van der Waals surface area contributed by atoms with Gasteiger partial charge in [-0.25, -0.2) is 9.36 Å². The SMILES string of the molecule is CN(C)c1ccc(N=Cc2c(O)n(-c3ccccc3)c(=O)[nH]c2=O)cc1. The number of anilines is 1. The number of nitrogens with zero attached hydrogens (tertiary/aromatic N) is 3. The molecule has 3 rings (SSSR count). The lowest BCUT2D eigenvalue weighted by atomic mass is 10.2. The zero-order valence-electron chi connectivity index (χ0n) is 14.4. The molecule has 2 aromatic carbocycles. The van der Waals surface area contributed by atoms with E-state index < -0.39 is 17.1 Å². The summed E-state index contributed by atoms with van der Waals surface area (Å²) in [5.74, 6) is -0.460. The van der Waals surface area contributed by atoms with E-state index in [1.807, 2.05) is 31.1 Å². The lowest BCUT2D eigenvalue weighted by Crippen LogP contribution is -2.31. The third-order valence-corrected chi connectivity index (χ3v) is 3.84. The van der Waals surface area contributed by atoms with Crippen molar-refractivity contribution in [2.75, 3.05) is 19.0 Å². The van der Waals surface area contributed by atoms with Crippen LogP contribution in [0.3, 0.4) is 0 Å². The van der Waals surface area contributed by atoms with Crippen molar-refractivity contribution in [3.05, 3.63) is 81.0 Å². The summed E-state index contributed by atoms with van der Waals surface area (Å²) in [4.78, 5) is 32.6. The van der Waals surface area contributed by atoms with E-state index in [4.69, 9.17) is 0 Å². The van der Waals surface area contributed by atoms with Crippen LogP contribution in [0.5, 0.6) is 5.88 Å². The minimum Gasteiger partial charge on any atom is -0.493 e. The van der Waals surface area contributed by atoms with Gasteiger partial charge in [-0.15, -0.1) is 0 Å². The Morgan fingerprint density at radius 3 is 2.31 bits per heavy atom. The molecule has 0 saturated carbocycles. The van der Waals surface area contributed by atoms with Crippen LogP contribution in [0.25, 0.3) is 5.69 Å². The molecule has 7 nitrogen and oxygen atoms in total. The number of aromatic amines is 1. The molecule has 7 heteroatoms. The van der Waals surface area contributed by atoms with Crippen molar-refractivity contribution in [3.8, 4) is 11.6 Å². The number of hydrogen-bond donors (Lipinski definition) is 2. The molecule has 0 unspecified atom stereocenters. The molecule has 1 aromatic heterocycles. The molecule has 0 saturated heterocycles. The molecule has 0 aliphatic heterocycles. The summed E-state index contributed by atoms with van der Waals surface area (Å²) in [6, 6.07) is 15.9. The average molecular weight is 350 g/mol. The number of nitrogens with one attached hydrogen (secondary N) is 1. The van der Waals surface area contributed by atoms with Crippen LogP contribution < -0.4 is 16.1 Å². The molecule has 0 spiro atoms. The summed E-state index contributed by atoms with van der Waals surface area (Å²) in [5.41, 5.74) is 0.565. The highest BCUT2D eigenvalue weighted by Crippen LogP contribution is 2.19. The number of hydrogen-bond acceptors (Lipinski definition) is 5. The van der Waals surface area contributed by atoms with Gasteiger partial charge < -0.3 is 10.0 Å². The van der Waals surface area contributed by atoms with Gasteiger partial charge in [0, 0.05) is 26.0 Å². The second-order valence-corrected chi connectivity index (χ2v) is 5.84. The van der Waals surface area contributed by atoms with Gasteiger partial charge >= 0.3 is 5.69 Å². The smallest absolute Gasteiger partial charge is 0.335 e. The number of aliphatic imine (C=N–C) groups is 1. The van der Waals surface area contributed by atoms with Gasteiger partial charge in [-0.2, -0.15) is 0 Å². The van der Waals surface area contributed by atoms with Gasteiger partial charge in [0.2, 0.25) is 5.88 Å². The van der Waals surface area contributed by atoms with E-state index in [1.165, 1.54) is 6.21 Å². The Balaban J connectivity index is 2.03. The molecule has 0 bridgehead atoms. The fourth-order valence-electron chi connectivity index (χ4n) is 2.45. The van der Waals surface area contributed by atoms with Crippen molar-refractivity contribution in [3.63, 3.8) is 0 Å². The van der Waals surface area contributed by atoms with E-state index in [2.05, 4.69) is 9.98 Å². The first-order chi connectivity index (χ1) is 12.5. The molecule has 0 aliphatic carbocycles. The summed E-state index contributed by atoms with van der Waals surface area (Å²) >= 11 is 0. The zero-order valence-corrected chi connectivity index (χ0v) is 14.4. The quantitative estimate of drug-likeness (QED) is 0.705. The number of benzene rings is 2. The third-order valence-electron chi connectivity index (χ3n) is 3.84. The first-order valence-corrected chi connectivity index (χ1v) is 7.92. The van der Waals surface area contributed by atoms with Crippen molar-refractivity contribution in [1.82, 2.24) is 9.55 Å². The van der Waals surface area contributed by atoms with Crippen LogP contribution in [0.1, 0.15) is 5.56 Å². The van der Waals surface area contributed by atoms with Gasteiger partial charge in [-0.1, -0.05) is 18.2 Å². The Morgan fingerprint density at radius 1 is 1.04 bits per heavy atom. The summed E-state index contributed by atoms with van der Waals surface area (Å²) in [6.45, 7) is 0. The normalized spacial score (nSPS) is 11.0. The Bertz CT molecular complexity index is 1050. The topological polar surface area (TPSA) is 90.7 Å². The highest BCUT2D eigenvalue weighted by molar-refractivity contribution is 5.84. The molecule has 26 heavy (non-hydrogen) atoms. The maximum atomic E-state index is 12.1. The van der Waals surface area contributed by atoms with E-state index in [-0.39, 0.29) is 5.56 Å². The molecule has 132 valence electrons. The first-order valence-electron chi connectivity index (χ1n) is 7.92.